The van der Waals surface area contributed by atoms with Gasteiger partial charge in [-0.05, 0) is 24.1 Å². The number of nitrogens with one attached hydrogen (secondary N) is 3. The minimum absolute atomic E-state index is 0. The minimum atomic E-state index is 0. The fraction of sp³-hybridized carbons (Fsp3) is 0.278. The summed E-state index contributed by atoms with van der Waals surface area (Å²) in [5, 5.41) is 10.0. The maximum atomic E-state index is 4.23. The van der Waals surface area contributed by atoms with Crippen LogP contribution in [0.1, 0.15) is 12.0 Å². The Morgan fingerprint density at radius 3 is 2.17 bits per heavy atom. The predicted octanol–water partition coefficient (Wildman–Crippen LogP) is 3.47. The molecule has 0 unspecified atom stereocenters. The molecular weight excluding hydrogens is 399 g/mol. The lowest BCUT2D eigenvalue weighted by Gasteiger charge is -2.12. The molecule has 0 bridgehead atoms. The summed E-state index contributed by atoms with van der Waals surface area (Å²) < 4.78 is 0. The first-order valence-electron chi connectivity index (χ1n) is 7.66. The van der Waals surface area contributed by atoms with Gasteiger partial charge in [0.1, 0.15) is 0 Å². The van der Waals surface area contributed by atoms with Gasteiger partial charge >= 0.3 is 0 Å². The van der Waals surface area contributed by atoms with Crippen molar-refractivity contribution in [3.8, 4) is 0 Å². The number of aliphatic imine (C=N–C) groups is 1. The van der Waals surface area contributed by atoms with Gasteiger partial charge in [-0.15, -0.1) is 24.0 Å². The van der Waals surface area contributed by atoms with Gasteiger partial charge in [0.2, 0.25) is 0 Å². The van der Waals surface area contributed by atoms with Gasteiger partial charge in [0.05, 0.1) is 0 Å². The van der Waals surface area contributed by atoms with Crippen LogP contribution in [0.3, 0.4) is 0 Å². The maximum absolute atomic E-state index is 4.23. The molecule has 0 heterocycles. The quantitative estimate of drug-likeness (QED) is 0.276. The van der Waals surface area contributed by atoms with E-state index in [-0.39, 0.29) is 24.0 Å². The second-order valence-electron chi connectivity index (χ2n) is 4.98. The molecule has 0 aliphatic carbocycles. The van der Waals surface area contributed by atoms with Gasteiger partial charge < -0.3 is 16.0 Å². The number of hydrogen-bond acceptors (Lipinski definition) is 2. The van der Waals surface area contributed by atoms with Crippen LogP contribution in [0.4, 0.5) is 5.69 Å². The number of guanidine groups is 1. The summed E-state index contributed by atoms with van der Waals surface area (Å²) in [7, 11) is 1.79. The van der Waals surface area contributed by atoms with Crippen LogP contribution >= 0.6 is 24.0 Å². The Kier molecular flexibility index (Phi) is 9.86. The standard InChI is InChI=1S/C18H24N4.HI/c1-19-18(22-15-16-9-4-2-5-10-16)21-14-8-13-20-17-11-6-3-7-12-17;/h2-7,9-12,20H,8,13-15H2,1H3,(H2,19,21,22);1H. The van der Waals surface area contributed by atoms with E-state index in [1.807, 2.05) is 36.4 Å². The number of nitrogens with zero attached hydrogens (tertiary/aromatic N) is 1. The van der Waals surface area contributed by atoms with Crippen molar-refractivity contribution in [3.05, 3.63) is 66.2 Å². The molecule has 2 rings (SSSR count). The van der Waals surface area contributed by atoms with E-state index >= 15 is 0 Å². The van der Waals surface area contributed by atoms with Crippen LogP contribution in [0.2, 0.25) is 0 Å². The zero-order valence-corrected chi connectivity index (χ0v) is 15.8. The van der Waals surface area contributed by atoms with E-state index in [1.165, 1.54) is 5.56 Å². The van der Waals surface area contributed by atoms with E-state index in [1.54, 1.807) is 7.05 Å². The van der Waals surface area contributed by atoms with E-state index < -0.39 is 0 Å². The van der Waals surface area contributed by atoms with E-state index in [0.29, 0.717) is 0 Å². The summed E-state index contributed by atoms with van der Waals surface area (Å²) >= 11 is 0. The van der Waals surface area contributed by atoms with Crippen molar-refractivity contribution in [2.45, 2.75) is 13.0 Å². The lowest BCUT2D eigenvalue weighted by molar-refractivity contribution is 0.762. The van der Waals surface area contributed by atoms with Crippen LogP contribution in [-0.2, 0) is 6.54 Å². The average Bonchev–Trinajstić information content (AvgIpc) is 2.59. The molecule has 0 saturated heterocycles. The lowest BCUT2D eigenvalue weighted by Crippen LogP contribution is -2.37. The molecule has 0 radical (unpaired) electrons. The second kappa shape index (κ2) is 11.8. The van der Waals surface area contributed by atoms with Gasteiger partial charge in [-0.2, -0.15) is 0 Å². The van der Waals surface area contributed by atoms with E-state index in [9.17, 15) is 0 Å². The summed E-state index contributed by atoms with van der Waals surface area (Å²) in [6, 6.07) is 20.6. The third-order valence-corrected chi connectivity index (χ3v) is 3.28. The Hall–Kier alpha value is -1.76. The molecule has 0 aliphatic heterocycles. The Morgan fingerprint density at radius 1 is 0.870 bits per heavy atom. The highest BCUT2D eigenvalue weighted by Crippen LogP contribution is 2.04. The molecule has 0 fully saturated rings. The number of hydrogen-bond donors (Lipinski definition) is 3. The Bertz CT molecular complexity index is 558. The summed E-state index contributed by atoms with van der Waals surface area (Å²) in [5.74, 6) is 0.837. The Balaban J connectivity index is 0.00000264. The first kappa shape index (κ1) is 19.3. The molecule has 5 heteroatoms. The zero-order chi connectivity index (χ0) is 15.5. The fourth-order valence-corrected chi connectivity index (χ4v) is 2.09. The summed E-state index contributed by atoms with van der Waals surface area (Å²) in [6.07, 6.45) is 1.03. The van der Waals surface area contributed by atoms with Crippen molar-refractivity contribution in [1.29, 1.82) is 0 Å². The lowest BCUT2D eigenvalue weighted by atomic mass is 10.2. The molecule has 4 nitrogen and oxygen atoms in total. The van der Waals surface area contributed by atoms with E-state index in [0.717, 1.165) is 37.7 Å². The summed E-state index contributed by atoms with van der Waals surface area (Å²) in [6.45, 7) is 2.60. The fourth-order valence-electron chi connectivity index (χ4n) is 2.09. The molecule has 2 aromatic carbocycles. The topological polar surface area (TPSA) is 48.5 Å². The average molecular weight is 424 g/mol. The molecule has 0 spiro atoms. The highest BCUT2D eigenvalue weighted by Gasteiger charge is 1.97. The zero-order valence-electron chi connectivity index (χ0n) is 13.5. The van der Waals surface area contributed by atoms with Crippen molar-refractivity contribution in [1.82, 2.24) is 10.6 Å². The monoisotopic (exact) mass is 424 g/mol. The predicted molar refractivity (Wildman–Crippen MR) is 110 cm³/mol. The van der Waals surface area contributed by atoms with Crippen LogP contribution in [-0.4, -0.2) is 26.1 Å². The van der Waals surface area contributed by atoms with Gasteiger partial charge in [-0.1, -0.05) is 48.5 Å². The highest BCUT2D eigenvalue weighted by molar-refractivity contribution is 14.0. The Morgan fingerprint density at radius 2 is 1.52 bits per heavy atom. The third-order valence-electron chi connectivity index (χ3n) is 3.28. The first-order valence-corrected chi connectivity index (χ1v) is 7.66. The molecule has 124 valence electrons. The summed E-state index contributed by atoms with van der Waals surface area (Å²) in [4.78, 5) is 4.23. The van der Waals surface area contributed by atoms with Crippen molar-refractivity contribution in [2.24, 2.45) is 4.99 Å². The van der Waals surface area contributed by atoms with E-state index in [4.69, 9.17) is 0 Å². The number of anilines is 1. The summed E-state index contributed by atoms with van der Waals surface area (Å²) in [5.41, 5.74) is 2.41. The van der Waals surface area contributed by atoms with Crippen molar-refractivity contribution < 1.29 is 0 Å². The van der Waals surface area contributed by atoms with Gasteiger partial charge in [0, 0.05) is 32.4 Å². The molecule has 0 amide bonds. The Labute approximate surface area is 155 Å². The molecule has 0 aromatic heterocycles. The number of rotatable bonds is 7. The van der Waals surface area contributed by atoms with Gasteiger partial charge in [0.25, 0.3) is 0 Å². The largest absolute Gasteiger partial charge is 0.385 e. The molecule has 0 saturated carbocycles. The molecule has 0 atom stereocenters. The van der Waals surface area contributed by atoms with Crippen molar-refractivity contribution in [3.63, 3.8) is 0 Å². The molecule has 3 N–H and O–H groups in total. The van der Waals surface area contributed by atoms with Crippen LogP contribution in [0.15, 0.2) is 65.7 Å². The molecule has 2 aromatic rings. The normalized spacial score (nSPS) is 10.6. The minimum Gasteiger partial charge on any atom is -0.385 e. The van der Waals surface area contributed by atoms with Crippen molar-refractivity contribution in [2.75, 3.05) is 25.5 Å². The van der Waals surface area contributed by atoms with Crippen LogP contribution in [0.5, 0.6) is 0 Å². The van der Waals surface area contributed by atoms with Gasteiger partial charge in [-0.3, -0.25) is 4.99 Å². The molecule has 0 aliphatic rings. The smallest absolute Gasteiger partial charge is 0.191 e. The second-order valence-corrected chi connectivity index (χ2v) is 4.98. The number of benzene rings is 2. The van der Waals surface area contributed by atoms with Gasteiger partial charge in [-0.25, -0.2) is 0 Å². The van der Waals surface area contributed by atoms with Crippen LogP contribution in [0, 0.1) is 0 Å². The number of para-hydroxylation sites is 1. The van der Waals surface area contributed by atoms with Crippen LogP contribution < -0.4 is 16.0 Å². The van der Waals surface area contributed by atoms with Crippen LogP contribution in [0.25, 0.3) is 0 Å². The molecule has 23 heavy (non-hydrogen) atoms. The maximum Gasteiger partial charge on any atom is 0.191 e. The first-order chi connectivity index (χ1) is 10.9. The highest BCUT2D eigenvalue weighted by atomic mass is 127. The molecular formula is C18H25IN4. The SMILES string of the molecule is CN=C(NCCCNc1ccccc1)NCc1ccccc1.I. The van der Waals surface area contributed by atoms with Gasteiger partial charge in [0.15, 0.2) is 5.96 Å². The van der Waals surface area contributed by atoms with E-state index in [2.05, 4.69) is 45.2 Å². The third kappa shape index (κ3) is 7.88. The number of halogens is 1. The van der Waals surface area contributed by atoms with Crippen molar-refractivity contribution >= 4 is 35.6 Å².